The maximum absolute atomic E-state index is 6.00. The summed E-state index contributed by atoms with van der Waals surface area (Å²) in [5.74, 6) is 1.29. The summed E-state index contributed by atoms with van der Waals surface area (Å²) in [5.41, 5.74) is 10.5. The van der Waals surface area contributed by atoms with Crippen LogP contribution >= 0.6 is 0 Å². The molecule has 0 aliphatic heterocycles. The molecule has 3 aromatic rings. The second-order valence-corrected chi connectivity index (χ2v) is 5.85. The SMILES string of the molecule is COc1cc(NC(N)=Nc2nc(C)cc(C)n2)ccc1-c1ccccc1. The number of nitrogens with zero attached hydrogens (tertiary/aromatic N) is 3. The molecule has 0 spiro atoms. The zero-order valence-electron chi connectivity index (χ0n) is 15.0. The van der Waals surface area contributed by atoms with Gasteiger partial charge in [0.1, 0.15) is 5.75 Å². The van der Waals surface area contributed by atoms with Crippen LogP contribution in [0, 0.1) is 13.8 Å². The summed E-state index contributed by atoms with van der Waals surface area (Å²) in [4.78, 5) is 12.8. The van der Waals surface area contributed by atoms with Crippen molar-refractivity contribution in [2.24, 2.45) is 10.7 Å². The van der Waals surface area contributed by atoms with Crippen molar-refractivity contribution >= 4 is 17.6 Å². The van der Waals surface area contributed by atoms with Crippen LogP contribution < -0.4 is 15.8 Å². The Hall–Kier alpha value is -3.41. The molecule has 0 saturated heterocycles. The normalized spacial score (nSPS) is 11.3. The number of aromatic nitrogens is 2. The van der Waals surface area contributed by atoms with E-state index in [1.807, 2.05) is 68.4 Å². The number of aliphatic imine (C=N–C) groups is 1. The number of aryl methyl sites for hydroxylation is 2. The van der Waals surface area contributed by atoms with Gasteiger partial charge in [-0.25, -0.2) is 9.97 Å². The van der Waals surface area contributed by atoms with Gasteiger partial charge in [-0.3, -0.25) is 0 Å². The molecule has 0 fully saturated rings. The molecule has 26 heavy (non-hydrogen) atoms. The van der Waals surface area contributed by atoms with Gasteiger partial charge in [-0.05, 0) is 37.6 Å². The van der Waals surface area contributed by atoms with Gasteiger partial charge < -0.3 is 15.8 Å². The van der Waals surface area contributed by atoms with Gasteiger partial charge in [0.05, 0.1) is 7.11 Å². The van der Waals surface area contributed by atoms with Crippen LogP contribution in [0.1, 0.15) is 11.4 Å². The second-order valence-electron chi connectivity index (χ2n) is 5.85. The van der Waals surface area contributed by atoms with Gasteiger partial charge in [0.25, 0.3) is 5.95 Å². The summed E-state index contributed by atoms with van der Waals surface area (Å²) in [5, 5.41) is 3.05. The highest BCUT2D eigenvalue weighted by Crippen LogP contribution is 2.32. The smallest absolute Gasteiger partial charge is 0.253 e. The molecule has 0 aliphatic rings. The van der Waals surface area contributed by atoms with Gasteiger partial charge in [0, 0.05) is 28.7 Å². The molecule has 0 saturated carbocycles. The van der Waals surface area contributed by atoms with Crippen LogP contribution in [-0.4, -0.2) is 23.0 Å². The second kappa shape index (κ2) is 7.65. The van der Waals surface area contributed by atoms with E-state index in [2.05, 4.69) is 20.3 Å². The fourth-order valence-electron chi connectivity index (χ4n) is 2.67. The molecule has 6 heteroatoms. The third-order valence-corrected chi connectivity index (χ3v) is 3.75. The number of guanidine groups is 1. The van der Waals surface area contributed by atoms with Crippen molar-refractivity contribution in [3.05, 3.63) is 66.0 Å². The fourth-order valence-corrected chi connectivity index (χ4v) is 2.67. The summed E-state index contributed by atoms with van der Waals surface area (Å²) in [6, 6.07) is 17.7. The Bertz CT molecular complexity index is 918. The maximum Gasteiger partial charge on any atom is 0.253 e. The minimum absolute atomic E-state index is 0.213. The Morgan fingerprint density at radius 1 is 1.00 bits per heavy atom. The highest BCUT2D eigenvalue weighted by atomic mass is 16.5. The number of benzene rings is 2. The van der Waals surface area contributed by atoms with Crippen LogP contribution in [0.2, 0.25) is 0 Å². The van der Waals surface area contributed by atoms with E-state index in [0.717, 1.165) is 34.0 Å². The lowest BCUT2D eigenvalue weighted by atomic mass is 10.0. The highest BCUT2D eigenvalue weighted by Gasteiger charge is 2.08. The van der Waals surface area contributed by atoms with Crippen molar-refractivity contribution in [3.63, 3.8) is 0 Å². The molecule has 3 N–H and O–H groups in total. The van der Waals surface area contributed by atoms with Gasteiger partial charge in [-0.15, -0.1) is 0 Å². The predicted molar refractivity (Wildman–Crippen MR) is 105 cm³/mol. The van der Waals surface area contributed by atoms with Gasteiger partial charge in [0.2, 0.25) is 5.96 Å². The minimum atomic E-state index is 0.213. The van der Waals surface area contributed by atoms with Crippen molar-refractivity contribution in [1.82, 2.24) is 9.97 Å². The molecular formula is C20H21N5O. The quantitative estimate of drug-likeness (QED) is 0.553. The van der Waals surface area contributed by atoms with Crippen molar-refractivity contribution in [2.45, 2.75) is 13.8 Å². The molecule has 1 aromatic heterocycles. The van der Waals surface area contributed by atoms with Crippen LogP contribution in [0.5, 0.6) is 5.75 Å². The average Bonchev–Trinajstić information content (AvgIpc) is 2.61. The third kappa shape index (κ3) is 4.16. The number of hydrogen-bond acceptors (Lipinski definition) is 4. The lowest BCUT2D eigenvalue weighted by Crippen LogP contribution is -2.22. The van der Waals surface area contributed by atoms with Crippen LogP contribution in [0.25, 0.3) is 11.1 Å². The molecule has 0 amide bonds. The van der Waals surface area contributed by atoms with Gasteiger partial charge in [-0.2, -0.15) is 4.99 Å². The molecule has 3 rings (SSSR count). The third-order valence-electron chi connectivity index (χ3n) is 3.75. The molecule has 0 aliphatic carbocycles. The lowest BCUT2D eigenvalue weighted by Gasteiger charge is -2.12. The Kier molecular flexibility index (Phi) is 5.12. The zero-order chi connectivity index (χ0) is 18.5. The molecule has 0 atom stereocenters. The fraction of sp³-hybridized carbons (Fsp3) is 0.150. The number of methoxy groups -OCH3 is 1. The van der Waals surface area contributed by atoms with E-state index < -0.39 is 0 Å². The summed E-state index contributed by atoms with van der Waals surface area (Å²) >= 11 is 0. The van der Waals surface area contributed by atoms with Crippen molar-refractivity contribution in [2.75, 3.05) is 12.4 Å². The summed E-state index contributed by atoms with van der Waals surface area (Å²) in [6.07, 6.45) is 0. The van der Waals surface area contributed by atoms with Gasteiger partial charge in [-0.1, -0.05) is 30.3 Å². The number of nitrogens with two attached hydrogens (primary N) is 1. The lowest BCUT2D eigenvalue weighted by molar-refractivity contribution is 0.416. The molecule has 0 radical (unpaired) electrons. The number of ether oxygens (including phenoxy) is 1. The molecule has 0 bridgehead atoms. The van der Waals surface area contributed by atoms with E-state index in [4.69, 9.17) is 10.5 Å². The van der Waals surface area contributed by atoms with E-state index in [9.17, 15) is 0 Å². The van der Waals surface area contributed by atoms with Gasteiger partial charge >= 0.3 is 0 Å². The molecule has 132 valence electrons. The average molecular weight is 347 g/mol. The summed E-state index contributed by atoms with van der Waals surface area (Å²) in [7, 11) is 1.65. The Balaban J connectivity index is 1.84. The molecule has 6 nitrogen and oxygen atoms in total. The summed E-state index contributed by atoms with van der Waals surface area (Å²) < 4.78 is 5.53. The van der Waals surface area contributed by atoms with Gasteiger partial charge in [0.15, 0.2) is 0 Å². The number of anilines is 1. The highest BCUT2D eigenvalue weighted by molar-refractivity contribution is 5.94. The first-order valence-corrected chi connectivity index (χ1v) is 8.22. The molecule has 2 aromatic carbocycles. The van der Waals surface area contributed by atoms with E-state index >= 15 is 0 Å². The number of rotatable bonds is 4. The van der Waals surface area contributed by atoms with Crippen LogP contribution in [0.4, 0.5) is 11.6 Å². The molecule has 1 heterocycles. The van der Waals surface area contributed by atoms with Crippen molar-refractivity contribution < 1.29 is 4.74 Å². The van der Waals surface area contributed by atoms with E-state index in [1.165, 1.54) is 0 Å². The Morgan fingerprint density at radius 3 is 2.35 bits per heavy atom. The largest absolute Gasteiger partial charge is 0.496 e. The van der Waals surface area contributed by atoms with Crippen LogP contribution in [-0.2, 0) is 0 Å². The Labute approximate surface area is 152 Å². The minimum Gasteiger partial charge on any atom is -0.496 e. The monoisotopic (exact) mass is 347 g/mol. The van der Waals surface area contributed by atoms with E-state index in [-0.39, 0.29) is 5.96 Å². The first-order valence-electron chi connectivity index (χ1n) is 8.22. The standard InChI is InChI=1S/C20H21N5O/c1-13-11-14(2)23-20(22-13)25-19(21)24-16-9-10-17(18(12-16)26-3)15-7-5-4-6-8-15/h4-12H,1-3H3,(H3,21,22,23,24,25). The summed E-state index contributed by atoms with van der Waals surface area (Å²) in [6.45, 7) is 3.79. The molecular weight excluding hydrogens is 326 g/mol. The first kappa shape index (κ1) is 17.4. The van der Waals surface area contributed by atoms with E-state index in [1.54, 1.807) is 7.11 Å². The number of nitrogens with one attached hydrogen (secondary N) is 1. The maximum atomic E-state index is 6.00. The topological polar surface area (TPSA) is 85.4 Å². The zero-order valence-corrected chi connectivity index (χ0v) is 15.0. The van der Waals surface area contributed by atoms with Crippen molar-refractivity contribution in [3.8, 4) is 16.9 Å². The first-order chi connectivity index (χ1) is 12.5. The number of hydrogen-bond donors (Lipinski definition) is 2. The predicted octanol–water partition coefficient (Wildman–Crippen LogP) is 3.83. The Morgan fingerprint density at radius 2 is 1.69 bits per heavy atom. The molecule has 0 unspecified atom stereocenters. The van der Waals surface area contributed by atoms with E-state index in [0.29, 0.717) is 5.95 Å². The van der Waals surface area contributed by atoms with Crippen LogP contribution in [0.15, 0.2) is 59.6 Å². The van der Waals surface area contributed by atoms with Crippen molar-refractivity contribution in [1.29, 1.82) is 0 Å². The van der Waals surface area contributed by atoms with Crippen LogP contribution in [0.3, 0.4) is 0 Å².